The average Bonchev–Trinajstić information content (AvgIpc) is 3.12. The molecule has 0 radical (unpaired) electrons. The molecule has 1 N–H and O–H groups in total. The molecule has 1 amide bonds. The molecular weight excluding hydrogens is 249 g/mol. The normalized spacial score (nSPS) is 15.9. The van der Waals surface area contributed by atoms with Crippen molar-refractivity contribution >= 4 is 11.9 Å². The van der Waals surface area contributed by atoms with E-state index < -0.39 is 12.0 Å². The van der Waals surface area contributed by atoms with Crippen LogP contribution in [-0.4, -0.2) is 27.9 Å². The van der Waals surface area contributed by atoms with Crippen LogP contribution in [-0.2, 0) is 9.59 Å². The molecule has 1 saturated carbocycles. The number of carbonyl (C=O) groups is 2. The summed E-state index contributed by atoms with van der Waals surface area (Å²) in [4.78, 5) is 24.6. The van der Waals surface area contributed by atoms with Crippen LogP contribution in [0.2, 0.25) is 0 Å². The van der Waals surface area contributed by atoms with Gasteiger partial charge in [0.15, 0.2) is 6.04 Å². The zero-order valence-electron chi connectivity index (χ0n) is 10.9. The van der Waals surface area contributed by atoms with Gasteiger partial charge >= 0.3 is 5.97 Å². The summed E-state index contributed by atoms with van der Waals surface area (Å²) in [5, 5.41) is 9.40. The van der Waals surface area contributed by atoms with Gasteiger partial charge in [0.25, 0.3) is 0 Å². The fourth-order valence-electron chi connectivity index (χ4n) is 2.26. The number of hydrogen-bond acceptors (Lipinski definition) is 2. The third kappa shape index (κ3) is 2.75. The van der Waals surface area contributed by atoms with E-state index in [1.807, 2.05) is 0 Å². The number of rotatable bonds is 4. The van der Waals surface area contributed by atoms with Gasteiger partial charge in [0.1, 0.15) is 5.82 Å². The minimum atomic E-state index is -1.09. The number of benzene rings is 1. The van der Waals surface area contributed by atoms with E-state index in [9.17, 15) is 19.1 Å². The van der Waals surface area contributed by atoms with Crippen molar-refractivity contribution in [3.05, 3.63) is 35.1 Å². The van der Waals surface area contributed by atoms with E-state index in [-0.39, 0.29) is 17.8 Å². The van der Waals surface area contributed by atoms with Crippen LogP contribution in [0.3, 0.4) is 0 Å². The van der Waals surface area contributed by atoms with Crippen molar-refractivity contribution in [3.8, 4) is 0 Å². The summed E-state index contributed by atoms with van der Waals surface area (Å²) < 4.78 is 13.3. The lowest BCUT2D eigenvalue weighted by atomic mass is 10.0. The Morgan fingerprint density at radius 3 is 2.47 bits per heavy atom. The molecule has 4 nitrogen and oxygen atoms in total. The molecule has 1 aromatic carbocycles. The number of carboxylic acid groups (broad SMARTS) is 1. The second-order valence-corrected chi connectivity index (χ2v) is 4.91. The topological polar surface area (TPSA) is 57.6 Å². The number of halogens is 1. The highest BCUT2D eigenvalue weighted by Crippen LogP contribution is 2.35. The predicted octanol–water partition coefficient (Wildman–Crippen LogP) is 2.27. The number of amides is 1. The minimum Gasteiger partial charge on any atom is -0.479 e. The zero-order chi connectivity index (χ0) is 14.2. The van der Waals surface area contributed by atoms with E-state index >= 15 is 0 Å². The van der Waals surface area contributed by atoms with E-state index in [1.54, 1.807) is 6.92 Å². The number of nitrogens with zero attached hydrogens (tertiary/aromatic N) is 1. The molecule has 1 fully saturated rings. The van der Waals surface area contributed by atoms with Gasteiger partial charge in [0, 0.05) is 13.0 Å². The van der Waals surface area contributed by atoms with Crippen molar-refractivity contribution in [2.24, 2.45) is 0 Å². The van der Waals surface area contributed by atoms with Crippen LogP contribution in [0, 0.1) is 12.7 Å². The van der Waals surface area contributed by atoms with Gasteiger partial charge in [-0.25, -0.2) is 9.18 Å². The summed E-state index contributed by atoms with van der Waals surface area (Å²) in [6, 6.07) is 3.12. The molecule has 1 atom stereocenters. The highest BCUT2D eigenvalue weighted by atomic mass is 19.1. The van der Waals surface area contributed by atoms with Gasteiger partial charge in [-0.05, 0) is 37.0 Å². The second kappa shape index (κ2) is 4.99. The van der Waals surface area contributed by atoms with E-state index in [2.05, 4.69) is 0 Å². The van der Waals surface area contributed by atoms with Crippen molar-refractivity contribution in [1.82, 2.24) is 4.90 Å². The average molecular weight is 265 g/mol. The first kappa shape index (κ1) is 13.5. The molecule has 0 bridgehead atoms. The summed E-state index contributed by atoms with van der Waals surface area (Å²) in [6.45, 7) is 2.94. The van der Waals surface area contributed by atoms with Crippen molar-refractivity contribution in [3.63, 3.8) is 0 Å². The highest BCUT2D eigenvalue weighted by Gasteiger charge is 2.40. The standard InChI is InChI=1S/C14H16FNO3/c1-8-7-10(3-6-12(8)15)13(14(18)19)16(9(2)17)11-4-5-11/h3,6-7,11,13H,4-5H2,1-2H3,(H,18,19). The first-order valence-corrected chi connectivity index (χ1v) is 6.19. The van der Waals surface area contributed by atoms with Gasteiger partial charge in [-0.1, -0.05) is 12.1 Å². The van der Waals surface area contributed by atoms with E-state index in [4.69, 9.17) is 0 Å². The molecule has 0 heterocycles. The lowest BCUT2D eigenvalue weighted by molar-refractivity contribution is -0.150. The van der Waals surface area contributed by atoms with Gasteiger partial charge in [-0.15, -0.1) is 0 Å². The summed E-state index contributed by atoms with van der Waals surface area (Å²) in [6.07, 6.45) is 1.65. The molecule has 102 valence electrons. The van der Waals surface area contributed by atoms with E-state index in [0.717, 1.165) is 12.8 Å². The Kier molecular flexibility index (Phi) is 3.55. The predicted molar refractivity (Wildman–Crippen MR) is 67.1 cm³/mol. The lowest BCUT2D eigenvalue weighted by Crippen LogP contribution is -2.39. The molecule has 1 aromatic rings. The smallest absolute Gasteiger partial charge is 0.331 e. The lowest BCUT2D eigenvalue weighted by Gasteiger charge is -2.28. The summed E-state index contributed by atoms with van der Waals surface area (Å²) in [5.41, 5.74) is 0.816. The Morgan fingerprint density at radius 2 is 2.05 bits per heavy atom. The Labute approximate surface area is 110 Å². The van der Waals surface area contributed by atoms with Crippen LogP contribution in [0.5, 0.6) is 0 Å². The molecule has 0 aliphatic heterocycles. The molecule has 0 spiro atoms. The number of aliphatic carboxylic acids is 1. The van der Waals surface area contributed by atoms with Crippen LogP contribution in [0.4, 0.5) is 4.39 Å². The molecule has 5 heteroatoms. The SMILES string of the molecule is CC(=O)N(C1CC1)C(C(=O)O)c1ccc(F)c(C)c1. The molecule has 0 aromatic heterocycles. The molecule has 1 aliphatic carbocycles. The first-order valence-electron chi connectivity index (χ1n) is 6.19. The maximum absolute atomic E-state index is 13.3. The van der Waals surface area contributed by atoms with Crippen LogP contribution < -0.4 is 0 Å². The Bertz CT molecular complexity index is 525. The van der Waals surface area contributed by atoms with Gasteiger partial charge < -0.3 is 10.0 Å². The van der Waals surface area contributed by atoms with Crippen LogP contribution in [0.15, 0.2) is 18.2 Å². The third-order valence-corrected chi connectivity index (χ3v) is 3.31. The number of aryl methyl sites for hydroxylation is 1. The monoisotopic (exact) mass is 265 g/mol. The molecule has 19 heavy (non-hydrogen) atoms. The molecule has 2 rings (SSSR count). The summed E-state index contributed by atoms with van der Waals surface area (Å²) in [7, 11) is 0. The van der Waals surface area contributed by atoms with Crippen molar-refractivity contribution in [2.75, 3.05) is 0 Å². The summed E-state index contributed by atoms with van der Waals surface area (Å²) in [5.74, 6) is -1.74. The number of carbonyl (C=O) groups excluding carboxylic acids is 1. The Hall–Kier alpha value is -1.91. The Balaban J connectivity index is 2.41. The van der Waals surface area contributed by atoms with Gasteiger partial charge in [-0.3, -0.25) is 4.79 Å². The minimum absolute atomic E-state index is 0.0102. The quantitative estimate of drug-likeness (QED) is 0.908. The summed E-state index contributed by atoms with van der Waals surface area (Å²) >= 11 is 0. The maximum atomic E-state index is 13.3. The fourth-order valence-corrected chi connectivity index (χ4v) is 2.26. The Morgan fingerprint density at radius 1 is 1.42 bits per heavy atom. The molecular formula is C14H16FNO3. The second-order valence-electron chi connectivity index (χ2n) is 4.91. The first-order chi connectivity index (χ1) is 8.91. The van der Waals surface area contributed by atoms with Crippen LogP contribution in [0.1, 0.15) is 36.9 Å². The van der Waals surface area contributed by atoms with Crippen LogP contribution in [0.25, 0.3) is 0 Å². The molecule has 1 aliphatic rings. The van der Waals surface area contributed by atoms with E-state index in [1.165, 1.54) is 30.0 Å². The molecule has 1 unspecified atom stereocenters. The maximum Gasteiger partial charge on any atom is 0.331 e. The molecule has 0 saturated heterocycles. The third-order valence-electron chi connectivity index (χ3n) is 3.31. The van der Waals surface area contributed by atoms with Crippen molar-refractivity contribution in [2.45, 2.75) is 38.8 Å². The van der Waals surface area contributed by atoms with Crippen molar-refractivity contribution < 1.29 is 19.1 Å². The van der Waals surface area contributed by atoms with Gasteiger partial charge in [0.2, 0.25) is 5.91 Å². The number of carboxylic acids is 1. The van der Waals surface area contributed by atoms with Gasteiger partial charge in [0.05, 0.1) is 0 Å². The van der Waals surface area contributed by atoms with E-state index in [0.29, 0.717) is 11.1 Å². The fraction of sp³-hybridized carbons (Fsp3) is 0.429. The zero-order valence-corrected chi connectivity index (χ0v) is 10.9. The largest absolute Gasteiger partial charge is 0.479 e. The van der Waals surface area contributed by atoms with Crippen LogP contribution >= 0.6 is 0 Å². The van der Waals surface area contributed by atoms with Gasteiger partial charge in [-0.2, -0.15) is 0 Å². The highest BCUT2D eigenvalue weighted by molar-refractivity contribution is 5.84. The number of hydrogen-bond donors (Lipinski definition) is 1. The van der Waals surface area contributed by atoms with Crippen molar-refractivity contribution in [1.29, 1.82) is 0 Å².